The molecule has 0 bridgehead atoms. The summed E-state index contributed by atoms with van der Waals surface area (Å²) in [5.41, 5.74) is 3.20. The molecule has 0 spiro atoms. The normalized spacial score (nSPS) is 13.8. The van der Waals surface area contributed by atoms with Gasteiger partial charge in [0.2, 0.25) is 0 Å². The monoisotopic (exact) mass is 576 g/mol. The topological polar surface area (TPSA) is 103 Å². The van der Waals surface area contributed by atoms with E-state index in [-0.39, 0.29) is 47.7 Å². The number of carboxylic acid groups (broad SMARTS) is 1. The number of anilines is 2. The van der Waals surface area contributed by atoms with Gasteiger partial charge in [-0.3, -0.25) is 4.72 Å². The van der Waals surface area contributed by atoms with E-state index in [0.29, 0.717) is 33.5 Å². The third-order valence-corrected chi connectivity index (χ3v) is 7.66. The molecule has 0 aliphatic carbocycles. The first-order valence-electron chi connectivity index (χ1n) is 10.8. The average Bonchev–Trinajstić information content (AvgIpc) is 2.72. The fourth-order valence-electron chi connectivity index (χ4n) is 4.45. The lowest BCUT2D eigenvalue weighted by Crippen LogP contribution is -2.44. The van der Waals surface area contributed by atoms with Crippen molar-refractivity contribution >= 4 is 75.6 Å². The molecule has 1 saturated heterocycles. The number of nitrogens with zero attached hydrogens (tertiary/aromatic N) is 3. The molecule has 1 aliphatic rings. The molecule has 1 aromatic heterocycles. The van der Waals surface area contributed by atoms with Crippen LogP contribution in [0.5, 0.6) is 0 Å². The Labute approximate surface area is 230 Å². The number of hydrogen-bond donors (Lipinski definition) is 2. The molecule has 0 unspecified atom stereocenters. The standard InChI is InChI=1S/C24H28N4O4S.3ClH/c1-15-11-16(2)23(17(3)12-15)33(31,32)26-18-5-6-21-19(13-18)20(24(29)30)14-22(25-21)28-9-7-27(4)8-10-28;;;/h5-6,11-14,26H,7-10H2,1-4H3,(H,29,30);3*1H. The summed E-state index contributed by atoms with van der Waals surface area (Å²) in [4.78, 5) is 21.2. The number of pyridine rings is 1. The number of fused-ring (bicyclic) bond motifs is 1. The van der Waals surface area contributed by atoms with E-state index < -0.39 is 16.0 Å². The molecule has 2 heterocycles. The van der Waals surface area contributed by atoms with Crippen molar-refractivity contribution in [2.24, 2.45) is 0 Å². The van der Waals surface area contributed by atoms with Crippen LogP contribution < -0.4 is 9.62 Å². The van der Waals surface area contributed by atoms with Gasteiger partial charge in [0, 0.05) is 37.3 Å². The Kier molecular flexibility index (Phi) is 10.8. The van der Waals surface area contributed by atoms with Gasteiger partial charge < -0.3 is 14.9 Å². The van der Waals surface area contributed by atoms with E-state index in [2.05, 4.69) is 26.6 Å². The molecule has 0 atom stereocenters. The zero-order valence-corrected chi connectivity index (χ0v) is 23.7. The number of piperazine rings is 1. The highest BCUT2D eigenvalue weighted by Gasteiger charge is 2.22. The first kappa shape index (κ1) is 31.7. The molecule has 8 nitrogen and oxygen atoms in total. The fraction of sp³-hybridized carbons (Fsp3) is 0.333. The average molecular weight is 578 g/mol. The van der Waals surface area contributed by atoms with Gasteiger partial charge >= 0.3 is 5.97 Å². The molecule has 2 aromatic carbocycles. The molecule has 1 fully saturated rings. The van der Waals surface area contributed by atoms with Gasteiger partial charge in [0.15, 0.2) is 0 Å². The summed E-state index contributed by atoms with van der Waals surface area (Å²) in [7, 11) is -1.80. The molecule has 0 radical (unpaired) electrons. The van der Waals surface area contributed by atoms with Gasteiger partial charge in [-0.2, -0.15) is 0 Å². The Balaban J connectivity index is 0.00000216. The number of carboxylic acids is 1. The maximum absolute atomic E-state index is 13.1. The molecule has 36 heavy (non-hydrogen) atoms. The molecule has 3 aromatic rings. The zero-order valence-electron chi connectivity index (χ0n) is 20.4. The van der Waals surface area contributed by atoms with Crippen molar-refractivity contribution in [3.63, 3.8) is 0 Å². The number of sulfonamides is 1. The lowest BCUT2D eigenvalue weighted by Gasteiger charge is -2.33. The van der Waals surface area contributed by atoms with Gasteiger partial charge in [-0.25, -0.2) is 18.2 Å². The number of carbonyl (C=O) groups is 1. The van der Waals surface area contributed by atoms with Crippen LogP contribution in [0.1, 0.15) is 27.0 Å². The van der Waals surface area contributed by atoms with Gasteiger partial charge in [0.1, 0.15) is 5.82 Å². The Hall–Kier alpha value is -2.30. The zero-order chi connectivity index (χ0) is 23.9. The third-order valence-electron chi connectivity index (χ3n) is 5.98. The number of rotatable bonds is 5. The van der Waals surface area contributed by atoms with Crippen LogP contribution in [0.2, 0.25) is 0 Å². The summed E-state index contributed by atoms with van der Waals surface area (Å²) < 4.78 is 28.9. The lowest BCUT2D eigenvalue weighted by atomic mass is 10.1. The van der Waals surface area contributed by atoms with Crippen molar-refractivity contribution < 1.29 is 18.3 Å². The van der Waals surface area contributed by atoms with Crippen LogP contribution in [0.15, 0.2) is 41.3 Å². The Bertz CT molecular complexity index is 1340. The van der Waals surface area contributed by atoms with Gasteiger partial charge in [0.25, 0.3) is 10.0 Å². The molecule has 4 rings (SSSR count). The van der Waals surface area contributed by atoms with E-state index in [0.717, 1.165) is 31.7 Å². The number of aryl methyl sites for hydroxylation is 3. The fourth-order valence-corrected chi connectivity index (χ4v) is 5.95. The van der Waals surface area contributed by atoms with E-state index in [4.69, 9.17) is 0 Å². The molecule has 1 aliphatic heterocycles. The predicted octanol–water partition coefficient (Wildman–Crippen LogP) is 4.68. The summed E-state index contributed by atoms with van der Waals surface area (Å²) in [6, 6.07) is 10.0. The van der Waals surface area contributed by atoms with Gasteiger partial charge in [-0.1, -0.05) is 17.7 Å². The Morgan fingerprint density at radius 3 is 2.08 bits per heavy atom. The van der Waals surface area contributed by atoms with Crippen molar-refractivity contribution in [3.05, 3.63) is 58.7 Å². The minimum Gasteiger partial charge on any atom is -0.478 e. The van der Waals surface area contributed by atoms with E-state index >= 15 is 0 Å². The van der Waals surface area contributed by atoms with Crippen LogP contribution in [0.25, 0.3) is 10.9 Å². The van der Waals surface area contributed by atoms with Gasteiger partial charge in [-0.05, 0) is 63.2 Å². The van der Waals surface area contributed by atoms with Gasteiger partial charge in [0.05, 0.1) is 16.0 Å². The van der Waals surface area contributed by atoms with Crippen molar-refractivity contribution in [1.29, 1.82) is 0 Å². The summed E-state index contributed by atoms with van der Waals surface area (Å²) in [6.07, 6.45) is 0. The second-order valence-electron chi connectivity index (χ2n) is 8.69. The first-order chi connectivity index (χ1) is 15.5. The molecule has 12 heteroatoms. The maximum Gasteiger partial charge on any atom is 0.336 e. The molecular formula is C24H31Cl3N4O4S. The second-order valence-corrected chi connectivity index (χ2v) is 10.3. The SMILES string of the molecule is Cc1cc(C)c(S(=O)(=O)Nc2ccc3nc(N4CCN(C)CC4)cc(C(=O)O)c3c2)c(C)c1.Cl.Cl.Cl. The predicted molar refractivity (Wildman–Crippen MR) is 152 cm³/mol. The summed E-state index contributed by atoms with van der Waals surface area (Å²) in [5, 5.41) is 10.2. The van der Waals surface area contributed by atoms with Crippen molar-refractivity contribution in [2.45, 2.75) is 25.7 Å². The van der Waals surface area contributed by atoms with E-state index in [1.807, 2.05) is 19.1 Å². The number of likely N-dealkylation sites (N-methyl/N-ethyl adjacent to an activating group) is 1. The highest BCUT2D eigenvalue weighted by Crippen LogP contribution is 2.29. The summed E-state index contributed by atoms with van der Waals surface area (Å²) in [6.45, 7) is 8.73. The number of aromatic carboxylic acids is 1. The van der Waals surface area contributed by atoms with E-state index in [9.17, 15) is 18.3 Å². The summed E-state index contributed by atoms with van der Waals surface area (Å²) in [5.74, 6) is -0.463. The first-order valence-corrected chi connectivity index (χ1v) is 12.3. The number of halogens is 3. The minimum atomic E-state index is -3.85. The van der Waals surface area contributed by atoms with Crippen molar-refractivity contribution in [2.75, 3.05) is 42.8 Å². The number of hydrogen-bond acceptors (Lipinski definition) is 6. The maximum atomic E-state index is 13.1. The van der Waals surface area contributed by atoms with Gasteiger partial charge in [-0.15, -0.1) is 37.2 Å². The molecular weight excluding hydrogens is 547 g/mol. The number of aromatic nitrogens is 1. The van der Waals surface area contributed by atoms with Crippen molar-refractivity contribution in [3.8, 4) is 0 Å². The van der Waals surface area contributed by atoms with E-state index in [1.165, 1.54) is 6.07 Å². The van der Waals surface area contributed by atoms with E-state index in [1.54, 1.807) is 32.0 Å². The molecule has 0 amide bonds. The van der Waals surface area contributed by atoms with Crippen LogP contribution in [0, 0.1) is 20.8 Å². The smallest absolute Gasteiger partial charge is 0.336 e. The van der Waals surface area contributed by atoms with Crippen LogP contribution in [0.3, 0.4) is 0 Å². The third kappa shape index (κ3) is 6.52. The largest absolute Gasteiger partial charge is 0.478 e. The number of benzene rings is 2. The molecule has 198 valence electrons. The highest BCUT2D eigenvalue weighted by atomic mass is 35.5. The Morgan fingerprint density at radius 2 is 1.53 bits per heavy atom. The quantitative estimate of drug-likeness (QED) is 0.454. The minimum absolute atomic E-state index is 0. The van der Waals surface area contributed by atoms with Crippen LogP contribution in [0.4, 0.5) is 11.5 Å². The Morgan fingerprint density at radius 1 is 0.944 bits per heavy atom. The number of nitrogens with one attached hydrogen (secondary N) is 1. The van der Waals surface area contributed by atoms with Crippen LogP contribution in [-0.2, 0) is 10.0 Å². The van der Waals surface area contributed by atoms with Crippen LogP contribution in [-0.4, -0.2) is 62.6 Å². The molecule has 0 saturated carbocycles. The van der Waals surface area contributed by atoms with Crippen LogP contribution >= 0.6 is 37.2 Å². The second kappa shape index (κ2) is 12.3. The lowest BCUT2D eigenvalue weighted by molar-refractivity contribution is 0.0699. The highest BCUT2D eigenvalue weighted by molar-refractivity contribution is 7.92. The summed E-state index contributed by atoms with van der Waals surface area (Å²) >= 11 is 0. The van der Waals surface area contributed by atoms with Crippen molar-refractivity contribution in [1.82, 2.24) is 9.88 Å². The molecule has 2 N–H and O–H groups in total.